The Kier molecular flexibility index (Phi) is 5.76. The predicted molar refractivity (Wildman–Crippen MR) is 116 cm³/mol. The number of aromatic nitrogens is 3. The molecule has 0 aliphatic carbocycles. The fourth-order valence-electron chi connectivity index (χ4n) is 4.06. The number of nitrogens with one attached hydrogen (secondary N) is 3. The third kappa shape index (κ3) is 3.83. The fraction of sp³-hybridized carbons (Fsp3) is 0.455. The molecule has 0 radical (unpaired) electrons. The summed E-state index contributed by atoms with van der Waals surface area (Å²) in [6, 6.07) is 6.49. The van der Waals surface area contributed by atoms with Gasteiger partial charge in [0.05, 0.1) is 0 Å². The van der Waals surface area contributed by atoms with Crippen molar-refractivity contribution in [1.29, 1.82) is 0 Å². The van der Waals surface area contributed by atoms with Crippen molar-refractivity contribution in [3.63, 3.8) is 0 Å². The molecule has 1 unspecified atom stereocenters. The van der Waals surface area contributed by atoms with Gasteiger partial charge in [0.25, 0.3) is 0 Å². The molecule has 4 rings (SSSR count). The molecule has 0 bridgehead atoms. The van der Waals surface area contributed by atoms with Crippen LogP contribution in [-0.2, 0) is 6.42 Å². The molecule has 3 heterocycles. The molecule has 28 heavy (non-hydrogen) atoms. The molecule has 148 valence electrons. The maximum atomic E-state index is 4.75. The van der Waals surface area contributed by atoms with Crippen molar-refractivity contribution in [3.8, 4) is 0 Å². The maximum Gasteiger partial charge on any atom is 0.180 e. The average molecular weight is 379 g/mol. The van der Waals surface area contributed by atoms with Gasteiger partial charge in [0.1, 0.15) is 0 Å². The van der Waals surface area contributed by atoms with Crippen LogP contribution in [0.5, 0.6) is 0 Å². The zero-order chi connectivity index (χ0) is 19.3. The molecule has 0 saturated carbocycles. The van der Waals surface area contributed by atoms with Crippen LogP contribution in [0.2, 0.25) is 0 Å². The lowest BCUT2D eigenvalue weighted by molar-refractivity contribution is 0.573. The first-order valence-electron chi connectivity index (χ1n) is 10.5. The summed E-state index contributed by atoms with van der Waals surface area (Å²) in [6.45, 7) is 7.45. The van der Waals surface area contributed by atoms with Gasteiger partial charge in [-0.2, -0.15) is 0 Å². The van der Waals surface area contributed by atoms with Gasteiger partial charge < -0.3 is 16.0 Å². The topological polar surface area (TPSA) is 66.3 Å². The van der Waals surface area contributed by atoms with Crippen LogP contribution < -0.4 is 16.0 Å². The summed E-state index contributed by atoms with van der Waals surface area (Å²) < 4.78 is 2.19. The Hall–Kier alpha value is -2.60. The van der Waals surface area contributed by atoms with Gasteiger partial charge in [0.15, 0.2) is 11.5 Å². The minimum Gasteiger partial charge on any atom is -0.384 e. The van der Waals surface area contributed by atoms with Crippen LogP contribution in [0, 0.1) is 0 Å². The standard InChI is InChI=1S/C22H30N6/c1-3-5-16(4-2)20-15-26-21(22-25-12-13-28(20)22)27-18-6-7-19-17(14-18)8-9-23-10-11-24-19/h6-7,12-16,23-24H,3-5,8-11H2,1-2H3,(H,26,27). The number of hydrogen-bond donors (Lipinski definition) is 3. The maximum absolute atomic E-state index is 4.75. The van der Waals surface area contributed by atoms with E-state index in [0.717, 1.165) is 49.6 Å². The van der Waals surface area contributed by atoms with E-state index >= 15 is 0 Å². The Morgan fingerprint density at radius 2 is 2.11 bits per heavy atom. The molecule has 0 amide bonds. The lowest BCUT2D eigenvalue weighted by Crippen LogP contribution is -2.27. The number of anilines is 3. The second-order valence-corrected chi connectivity index (χ2v) is 7.47. The van der Waals surface area contributed by atoms with E-state index < -0.39 is 0 Å². The van der Waals surface area contributed by atoms with Crippen LogP contribution >= 0.6 is 0 Å². The average Bonchev–Trinajstić information content (AvgIpc) is 3.18. The first kappa shape index (κ1) is 18.7. The van der Waals surface area contributed by atoms with Crippen molar-refractivity contribution in [2.45, 2.75) is 45.4 Å². The van der Waals surface area contributed by atoms with Gasteiger partial charge in [0.2, 0.25) is 0 Å². The highest BCUT2D eigenvalue weighted by atomic mass is 15.1. The van der Waals surface area contributed by atoms with Gasteiger partial charge in [-0.1, -0.05) is 20.3 Å². The van der Waals surface area contributed by atoms with Crippen molar-refractivity contribution in [2.75, 3.05) is 30.3 Å². The molecule has 1 aromatic carbocycles. The summed E-state index contributed by atoms with van der Waals surface area (Å²) in [4.78, 5) is 9.33. The highest BCUT2D eigenvalue weighted by molar-refractivity contribution is 5.72. The molecule has 2 aromatic heterocycles. The van der Waals surface area contributed by atoms with Gasteiger partial charge in [0, 0.05) is 54.7 Å². The van der Waals surface area contributed by atoms with Crippen molar-refractivity contribution < 1.29 is 0 Å². The molecule has 1 aliphatic heterocycles. The van der Waals surface area contributed by atoms with Gasteiger partial charge in [-0.25, -0.2) is 9.97 Å². The number of hydrogen-bond acceptors (Lipinski definition) is 5. The summed E-state index contributed by atoms with van der Waals surface area (Å²) in [5.41, 5.74) is 5.73. The van der Waals surface area contributed by atoms with Crippen molar-refractivity contribution in [3.05, 3.63) is 48.0 Å². The van der Waals surface area contributed by atoms with E-state index in [9.17, 15) is 0 Å². The molecule has 0 saturated heterocycles. The normalized spacial score (nSPS) is 15.4. The first-order valence-corrected chi connectivity index (χ1v) is 10.5. The molecule has 6 heteroatoms. The number of fused-ring (bicyclic) bond motifs is 2. The highest BCUT2D eigenvalue weighted by Crippen LogP contribution is 2.29. The molecule has 6 nitrogen and oxygen atoms in total. The third-order valence-corrected chi connectivity index (χ3v) is 5.56. The van der Waals surface area contributed by atoms with Crippen LogP contribution in [0.3, 0.4) is 0 Å². The largest absolute Gasteiger partial charge is 0.384 e. The number of rotatable bonds is 6. The summed E-state index contributed by atoms with van der Waals surface area (Å²) >= 11 is 0. The molecule has 0 fully saturated rings. The first-order chi connectivity index (χ1) is 13.8. The smallest absolute Gasteiger partial charge is 0.180 e. The van der Waals surface area contributed by atoms with Crippen LogP contribution in [-0.4, -0.2) is 34.0 Å². The number of nitrogens with zero attached hydrogens (tertiary/aromatic N) is 3. The Bertz CT molecular complexity index is 932. The van der Waals surface area contributed by atoms with E-state index in [4.69, 9.17) is 4.98 Å². The Balaban J connectivity index is 1.64. The second kappa shape index (κ2) is 8.61. The minimum absolute atomic E-state index is 0.512. The van der Waals surface area contributed by atoms with Gasteiger partial charge >= 0.3 is 0 Å². The van der Waals surface area contributed by atoms with Gasteiger partial charge in [-0.05, 0) is 49.6 Å². The minimum atomic E-state index is 0.512. The third-order valence-electron chi connectivity index (χ3n) is 5.56. The summed E-state index contributed by atoms with van der Waals surface area (Å²) in [6.07, 6.45) is 10.4. The van der Waals surface area contributed by atoms with Crippen molar-refractivity contribution in [1.82, 2.24) is 19.7 Å². The Morgan fingerprint density at radius 3 is 2.96 bits per heavy atom. The molecular formula is C22H30N6. The van der Waals surface area contributed by atoms with Crippen LogP contribution in [0.4, 0.5) is 17.2 Å². The molecule has 1 atom stereocenters. The van der Waals surface area contributed by atoms with Crippen LogP contribution in [0.25, 0.3) is 5.65 Å². The zero-order valence-corrected chi connectivity index (χ0v) is 16.8. The fourth-order valence-corrected chi connectivity index (χ4v) is 4.06. The molecule has 3 N–H and O–H groups in total. The van der Waals surface area contributed by atoms with Crippen LogP contribution in [0.15, 0.2) is 36.8 Å². The van der Waals surface area contributed by atoms with E-state index in [-0.39, 0.29) is 0 Å². The molecule has 0 spiro atoms. The quantitative estimate of drug-likeness (QED) is 0.596. The lowest BCUT2D eigenvalue weighted by atomic mass is 9.97. The van der Waals surface area contributed by atoms with E-state index in [1.165, 1.54) is 29.8 Å². The Morgan fingerprint density at radius 1 is 1.18 bits per heavy atom. The molecule has 3 aromatic rings. The van der Waals surface area contributed by atoms with Crippen LogP contribution in [0.1, 0.15) is 50.3 Å². The highest BCUT2D eigenvalue weighted by Gasteiger charge is 2.16. The zero-order valence-electron chi connectivity index (χ0n) is 16.8. The van der Waals surface area contributed by atoms with Crippen molar-refractivity contribution in [2.24, 2.45) is 0 Å². The molecule has 1 aliphatic rings. The van der Waals surface area contributed by atoms with E-state index in [1.54, 1.807) is 0 Å². The Labute approximate surface area is 166 Å². The predicted octanol–water partition coefficient (Wildman–Crippen LogP) is 4.32. The second-order valence-electron chi connectivity index (χ2n) is 7.47. The lowest BCUT2D eigenvalue weighted by Gasteiger charge is -2.19. The SMILES string of the molecule is CCCC(CC)c1cnc(Nc2ccc3c(c2)CCNCCN3)c2nccn12. The summed E-state index contributed by atoms with van der Waals surface area (Å²) in [5.74, 6) is 1.32. The number of benzene rings is 1. The van der Waals surface area contributed by atoms with Gasteiger partial charge in [-0.3, -0.25) is 4.40 Å². The van der Waals surface area contributed by atoms with Crippen molar-refractivity contribution >= 4 is 22.8 Å². The molecular weight excluding hydrogens is 348 g/mol. The van der Waals surface area contributed by atoms with E-state index in [0.29, 0.717) is 5.92 Å². The van der Waals surface area contributed by atoms with E-state index in [2.05, 4.69) is 57.4 Å². The van der Waals surface area contributed by atoms with Gasteiger partial charge in [-0.15, -0.1) is 0 Å². The monoisotopic (exact) mass is 378 g/mol. The number of imidazole rings is 1. The summed E-state index contributed by atoms with van der Waals surface area (Å²) in [7, 11) is 0. The summed E-state index contributed by atoms with van der Waals surface area (Å²) in [5, 5.41) is 10.4. The van der Waals surface area contributed by atoms with E-state index in [1.807, 2.05) is 18.6 Å².